The van der Waals surface area contributed by atoms with Crippen LogP contribution in [0.25, 0.3) is 0 Å². The highest BCUT2D eigenvalue weighted by Crippen LogP contribution is 2.26. The monoisotopic (exact) mass is 404 g/mol. The van der Waals surface area contributed by atoms with Crippen LogP contribution in [0.2, 0.25) is 0 Å². The van der Waals surface area contributed by atoms with Gasteiger partial charge in [-0.05, 0) is 59.1 Å². The Hall–Kier alpha value is -2.34. The molecule has 0 radical (unpaired) electrons. The number of rotatable bonds is 6. The summed E-state index contributed by atoms with van der Waals surface area (Å²) in [6.07, 6.45) is 2.03. The Balaban J connectivity index is 1.95. The van der Waals surface area contributed by atoms with Gasteiger partial charge < -0.3 is 4.74 Å². The highest BCUT2D eigenvalue weighted by atomic mass is 79.9. The van der Waals surface area contributed by atoms with Crippen molar-refractivity contribution in [2.45, 2.75) is 26.7 Å². The average molecular weight is 405 g/mol. The number of halogens is 1. The van der Waals surface area contributed by atoms with Gasteiger partial charge in [0.15, 0.2) is 0 Å². The van der Waals surface area contributed by atoms with Crippen LogP contribution >= 0.6 is 15.9 Å². The van der Waals surface area contributed by atoms with Gasteiger partial charge in [-0.25, -0.2) is 0 Å². The molecule has 0 spiro atoms. The molecule has 2 rings (SSSR count). The number of carbonyl (C=O) groups is 2. The van der Waals surface area contributed by atoms with Crippen LogP contribution in [-0.2, 0) is 0 Å². The Kier molecular flexibility index (Phi) is 7.01. The van der Waals surface area contributed by atoms with Crippen molar-refractivity contribution >= 4 is 27.7 Å². The molecule has 0 aromatic heterocycles. The largest absolute Gasteiger partial charge is 0.492 e. The van der Waals surface area contributed by atoms with E-state index in [0.29, 0.717) is 28.0 Å². The van der Waals surface area contributed by atoms with E-state index in [-0.39, 0.29) is 5.91 Å². The molecule has 2 aromatic rings. The van der Waals surface area contributed by atoms with E-state index in [1.165, 1.54) is 0 Å². The Bertz CT molecular complexity index is 762. The average Bonchev–Trinajstić information content (AvgIpc) is 2.61. The fourth-order valence-corrected chi connectivity index (χ4v) is 2.66. The Labute approximate surface area is 155 Å². The minimum absolute atomic E-state index is 0.356. The first-order chi connectivity index (χ1) is 12.0. The standard InChI is InChI=1S/C19H21BrN2O3/c1-3-4-11-25-17-10-9-14(12-16(17)20)18(23)21-22-19(24)15-8-6-5-7-13(15)2/h5-10,12H,3-4,11H2,1-2H3,(H,21,23)(H,22,24). The van der Waals surface area contributed by atoms with Gasteiger partial charge in [0.25, 0.3) is 11.8 Å². The number of benzene rings is 2. The van der Waals surface area contributed by atoms with E-state index >= 15 is 0 Å². The summed E-state index contributed by atoms with van der Waals surface area (Å²) >= 11 is 3.40. The van der Waals surface area contributed by atoms with Crippen molar-refractivity contribution < 1.29 is 14.3 Å². The Morgan fingerprint density at radius 1 is 1.08 bits per heavy atom. The molecule has 0 fully saturated rings. The minimum atomic E-state index is -0.400. The van der Waals surface area contributed by atoms with E-state index in [2.05, 4.69) is 33.7 Å². The molecular weight excluding hydrogens is 384 g/mol. The summed E-state index contributed by atoms with van der Waals surface area (Å²) in [5.41, 5.74) is 6.62. The number of aryl methyl sites for hydroxylation is 1. The second-order valence-corrected chi connectivity index (χ2v) is 6.42. The maximum absolute atomic E-state index is 12.2. The smallest absolute Gasteiger partial charge is 0.269 e. The number of unbranched alkanes of at least 4 members (excludes halogenated alkanes) is 1. The lowest BCUT2D eigenvalue weighted by molar-refractivity contribution is 0.0846. The van der Waals surface area contributed by atoms with Gasteiger partial charge >= 0.3 is 0 Å². The molecule has 0 heterocycles. The zero-order valence-electron chi connectivity index (χ0n) is 14.3. The van der Waals surface area contributed by atoms with E-state index < -0.39 is 5.91 Å². The Morgan fingerprint density at radius 2 is 1.80 bits per heavy atom. The number of ether oxygens (including phenoxy) is 1. The maximum atomic E-state index is 12.2. The third-order valence-corrected chi connectivity index (χ3v) is 4.25. The molecule has 2 amide bonds. The molecule has 2 aromatic carbocycles. The van der Waals surface area contributed by atoms with E-state index in [1.807, 2.05) is 19.1 Å². The lowest BCUT2D eigenvalue weighted by Gasteiger charge is -2.11. The summed E-state index contributed by atoms with van der Waals surface area (Å²) in [6, 6.07) is 12.2. The van der Waals surface area contributed by atoms with Gasteiger partial charge in [-0.3, -0.25) is 20.4 Å². The number of amides is 2. The Morgan fingerprint density at radius 3 is 2.48 bits per heavy atom. The zero-order valence-corrected chi connectivity index (χ0v) is 15.9. The number of carbonyl (C=O) groups excluding carboxylic acids is 2. The quantitative estimate of drug-likeness (QED) is 0.564. The van der Waals surface area contributed by atoms with Crippen LogP contribution in [0.1, 0.15) is 46.0 Å². The first kappa shape index (κ1) is 19.0. The summed E-state index contributed by atoms with van der Waals surface area (Å²) < 4.78 is 6.33. The van der Waals surface area contributed by atoms with Gasteiger partial charge in [0, 0.05) is 11.1 Å². The normalized spacial score (nSPS) is 10.2. The predicted molar refractivity (Wildman–Crippen MR) is 101 cm³/mol. The van der Waals surface area contributed by atoms with Crippen molar-refractivity contribution in [3.8, 4) is 5.75 Å². The van der Waals surface area contributed by atoms with Crippen LogP contribution < -0.4 is 15.6 Å². The number of hydrazine groups is 1. The molecule has 2 N–H and O–H groups in total. The molecule has 0 unspecified atom stereocenters. The third-order valence-electron chi connectivity index (χ3n) is 3.63. The SMILES string of the molecule is CCCCOc1ccc(C(=O)NNC(=O)c2ccccc2C)cc1Br. The summed E-state index contributed by atoms with van der Waals surface area (Å²) in [6.45, 7) is 4.56. The van der Waals surface area contributed by atoms with Crippen molar-refractivity contribution in [1.82, 2.24) is 10.9 Å². The highest BCUT2D eigenvalue weighted by molar-refractivity contribution is 9.10. The van der Waals surface area contributed by atoms with Gasteiger partial charge in [-0.15, -0.1) is 0 Å². The molecule has 132 valence electrons. The summed E-state index contributed by atoms with van der Waals surface area (Å²) in [5.74, 6) is -0.0678. The van der Waals surface area contributed by atoms with E-state index in [4.69, 9.17) is 4.74 Å². The van der Waals surface area contributed by atoms with Crippen LogP contribution in [-0.4, -0.2) is 18.4 Å². The van der Waals surface area contributed by atoms with Crippen molar-refractivity contribution in [3.63, 3.8) is 0 Å². The third kappa shape index (κ3) is 5.32. The molecule has 0 aliphatic heterocycles. The fraction of sp³-hybridized carbons (Fsp3) is 0.263. The van der Waals surface area contributed by atoms with Gasteiger partial charge in [0.2, 0.25) is 0 Å². The lowest BCUT2D eigenvalue weighted by atomic mass is 10.1. The summed E-state index contributed by atoms with van der Waals surface area (Å²) in [5, 5.41) is 0. The van der Waals surface area contributed by atoms with E-state index in [9.17, 15) is 9.59 Å². The number of nitrogens with one attached hydrogen (secondary N) is 2. The maximum Gasteiger partial charge on any atom is 0.269 e. The lowest BCUT2D eigenvalue weighted by Crippen LogP contribution is -2.41. The topological polar surface area (TPSA) is 67.4 Å². The van der Waals surface area contributed by atoms with Crippen LogP contribution in [0.3, 0.4) is 0 Å². The second-order valence-electron chi connectivity index (χ2n) is 5.57. The number of hydrogen-bond donors (Lipinski definition) is 2. The first-order valence-electron chi connectivity index (χ1n) is 8.11. The second kappa shape index (κ2) is 9.22. The first-order valence-corrected chi connectivity index (χ1v) is 8.91. The van der Waals surface area contributed by atoms with Crippen LogP contribution in [0.5, 0.6) is 5.75 Å². The van der Waals surface area contributed by atoms with Crippen molar-refractivity contribution in [1.29, 1.82) is 0 Å². The van der Waals surface area contributed by atoms with Gasteiger partial charge in [-0.2, -0.15) is 0 Å². The van der Waals surface area contributed by atoms with E-state index in [1.54, 1.807) is 30.3 Å². The van der Waals surface area contributed by atoms with Gasteiger partial charge in [-0.1, -0.05) is 31.5 Å². The zero-order chi connectivity index (χ0) is 18.2. The number of hydrogen-bond acceptors (Lipinski definition) is 3. The summed E-state index contributed by atoms with van der Waals surface area (Å²) in [4.78, 5) is 24.3. The molecule has 6 heteroatoms. The van der Waals surface area contributed by atoms with Crippen molar-refractivity contribution in [3.05, 3.63) is 63.6 Å². The van der Waals surface area contributed by atoms with Crippen molar-refractivity contribution in [2.75, 3.05) is 6.61 Å². The molecular formula is C19H21BrN2O3. The molecule has 25 heavy (non-hydrogen) atoms. The summed E-state index contributed by atoms with van der Waals surface area (Å²) in [7, 11) is 0. The van der Waals surface area contributed by atoms with Gasteiger partial charge in [0.1, 0.15) is 5.75 Å². The molecule has 0 saturated carbocycles. The predicted octanol–water partition coefficient (Wildman–Crippen LogP) is 4.01. The van der Waals surface area contributed by atoms with Gasteiger partial charge in [0.05, 0.1) is 11.1 Å². The molecule has 0 bridgehead atoms. The van der Waals surface area contributed by atoms with E-state index in [0.717, 1.165) is 18.4 Å². The highest BCUT2D eigenvalue weighted by Gasteiger charge is 2.12. The molecule has 0 saturated heterocycles. The van der Waals surface area contributed by atoms with Crippen LogP contribution in [0.4, 0.5) is 0 Å². The fourth-order valence-electron chi connectivity index (χ4n) is 2.17. The van der Waals surface area contributed by atoms with Crippen LogP contribution in [0, 0.1) is 6.92 Å². The van der Waals surface area contributed by atoms with Crippen LogP contribution in [0.15, 0.2) is 46.9 Å². The van der Waals surface area contributed by atoms with Crippen molar-refractivity contribution in [2.24, 2.45) is 0 Å². The molecule has 0 aliphatic carbocycles. The minimum Gasteiger partial charge on any atom is -0.492 e. The molecule has 0 aliphatic rings. The molecule has 0 atom stereocenters. The molecule has 5 nitrogen and oxygen atoms in total.